The molecule has 1 N–H and O–H groups in total. The van der Waals surface area contributed by atoms with Crippen LogP contribution in [0.3, 0.4) is 0 Å². The first-order valence-electron chi connectivity index (χ1n) is 5.62. The fourth-order valence-electron chi connectivity index (χ4n) is 1.52. The third kappa shape index (κ3) is 3.82. The van der Waals surface area contributed by atoms with Gasteiger partial charge in [-0.2, -0.15) is 0 Å². The van der Waals surface area contributed by atoms with Gasteiger partial charge < -0.3 is 9.84 Å². The van der Waals surface area contributed by atoms with Gasteiger partial charge in [-0.15, -0.1) is 0 Å². The molecule has 0 radical (unpaired) electrons. The number of hydrogen-bond acceptors (Lipinski definition) is 4. The maximum atomic E-state index is 12.0. The molecule has 0 spiro atoms. The molecular weight excluding hydrogens is 256 g/mol. The summed E-state index contributed by atoms with van der Waals surface area (Å²) in [5, 5.41) is 8.95. The van der Waals surface area contributed by atoms with Crippen LogP contribution in [0.25, 0.3) is 0 Å². The predicted octanol–water partition coefficient (Wildman–Crippen LogP) is 1.59. The van der Waals surface area contributed by atoms with Crippen molar-refractivity contribution in [2.45, 2.75) is 18.2 Å². The Hall–Kier alpha value is -1.40. The number of ether oxygens (including phenoxy) is 1. The molecule has 0 aromatic heterocycles. The molecule has 0 saturated carbocycles. The lowest BCUT2D eigenvalue weighted by atomic mass is 10.2. The maximum Gasteiger partial charge on any atom is 0.337 e. The molecule has 18 heavy (non-hydrogen) atoms. The number of carboxylic acid groups (broad SMARTS) is 1. The first-order chi connectivity index (χ1) is 8.49. The summed E-state index contributed by atoms with van der Waals surface area (Å²) >= 11 is 0. The van der Waals surface area contributed by atoms with Crippen LogP contribution in [0.2, 0.25) is 0 Å². The molecule has 0 bridgehead atoms. The molecule has 5 nitrogen and oxygen atoms in total. The Morgan fingerprint density at radius 2 is 2.00 bits per heavy atom. The fraction of sp³-hybridized carbons (Fsp3) is 0.417. The predicted molar refractivity (Wildman–Crippen MR) is 66.6 cm³/mol. The Labute approximate surface area is 106 Å². The molecular formula is C12H16O5S. The van der Waals surface area contributed by atoms with Crippen molar-refractivity contribution >= 4 is 15.8 Å². The second-order valence-electron chi connectivity index (χ2n) is 3.67. The molecule has 100 valence electrons. The standard InChI is InChI=1S/C12H16O5S/c1-2-17-8-5-9-18(15,16)11-7-4-3-6-10(11)12(13)14/h3-4,6-7H,2,5,8-9H2,1H3,(H,13,14). The fourth-order valence-corrected chi connectivity index (χ4v) is 3.01. The molecule has 0 atom stereocenters. The minimum absolute atomic E-state index is 0.114. The lowest BCUT2D eigenvalue weighted by molar-refractivity contribution is 0.0692. The molecule has 0 aliphatic heterocycles. The zero-order chi connectivity index (χ0) is 13.6. The first kappa shape index (κ1) is 14.7. The van der Waals surface area contributed by atoms with E-state index in [2.05, 4.69) is 0 Å². The van der Waals surface area contributed by atoms with E-state index in [1.807, 2.05) is 6.92 Å². The summed E-state index contributed by atoms with van der Waals surface area (Å²) < 4.78 is 29.1. The molecule has 6 heteroatoms. The van der Waals surface area contributed by atoms with E-state index in [0.717, 1.165) is 0 Å². The summed E-state index contributed by atoms with van der Waals surface area (Å²) in [6.45, 7) is 2.71. The highest BCUT2D eigenvalue weighted by Gasteiger charge is 2.21. The third-order valence-electron chi connectivity index (χ3n) is 2.36. The molecule has 0 aliphatic carbocycles. The maximum absolute atomic E-state index is 12.0. The molecule has 0 saturated heterocycles. The van der Waals surface area contributed by atoms with Crippen molar-refractivity contribution in [3.8, 4) is 0 Å². The van der Waals surface area contributed by atoms with Crippen LogP contribution in [-0.2, 0) is 14.6 Å². The van der Waals surface area contributed by atoms with E-state index in [4.69, 9.17) is 9.84 Å². The zero-order valence-electron chi connectivity index (χ0n) is 10.1. The van der Waals surface area contributed by atoms with E-state index in [9.17, 15) is 13.2 Å². The normalized spacial score (nSPS) is 11.4. The molecule has 1 rings (SSSR count). The average molecular weight is 272 g/mol. The first-order valence-corrected chi connectivity index (χ1v) is 7.27. The lowest BCUT2D eigenvalue weighted by Gasteiger charge is -2.07. The van der Waals surface area contributed by atoms with Gasteiger partial charge in [-0.3, -0.25) is 0 Å². The highest BCUT2D eigenvalue weighted by Crippen LogP contribution is 2.17. The van der Waals surface area contributed by atoms with Crippen LogP contribution in [-0.4, -0.2) is 38.5 Å². The summed E-state index contributed by atoms with van der Waals surface area (Å²) in [4.78, 5) is 10.8. The van der Waals surface area contributed by atoms with Gasteiger partial charge in [-0.25, -0.2) is 13.2 Å². The van der Waals surface area contributed by atoms with Gasteiger partial charge in [-0.1, -0.05) is 12.1 Å². The van der Waals surface area contributed by atoms with Crippen LogP contribution in [0.1, 0.15) is 23.7 Å². The Morgan fingerprint density at radius 1 is 1.33 bits per heavy atom. The summed E-state index contributed by atoms with van der Waals surface area (Å²) in [5.74, 6) is -1.35. The monoisotopic (exact) mass is 272 g/mol. The Kier molecular flexibility index (Phi) is 5.30. The number of carboxylic acids is 1. The van der Waals surface area contributed by atoms with Crippen molar-refractivity contribution in [2.24, 2.45) is 0 Å². The van der Waals surface area contributed by atoms with E-state index in [0.29, 0.717) is 19.6 Å². The van der Waals surface area contributed by atoms with Crippen molar-refractivity contribution in [3.63, 3.8) is 0 Å². The third-order valence-corrected chi connectivity index (χ3v) is 4.21. The van der Waals surface area contributed by atoms with Gasteiger partial charge in [0.05, 0.1) is 16.2 Å². The Balaban J connectivity index is 2.88. The molecule has 0 heterocycles. The molecule has 0 fully saturated rings. The van der Waals surface area contributed by atoms with E-state index >= 15 is 0 Å². The summed E-state index contributed by atoms with van der Waals surface area (Å²) in [7, 11) is -3.58. The van der Waals surface area contributed by atoms with E-state index < -0.39 is 15.8 Å². The number of sulfone groups is 1. The van der Waals surface area contributed by atoms with Crippen molar-refractivity contribution in [3.05, 3.63) is 29.8 Å². The lowest BCUT2D eigenvalue weighted by Crippen LogP contribution is -2.13. The zero-order valence-corrected chi connectivity index (χ0v) is 10.9. The summed E-state index contributed by atoms with van der Waals surface area (Å²) in [5.41, 5.74) is -0.186. The molecule has 1 aromatic carbocycles. The summed E-state index contributed by atoms with van der Waals surface area (Å²) in [6.07, 6.45) is 0.351. The number of hydrogen-bond donors (Lipinski definition) is 1. The van der Waals surface area contributed by atoms with Crippen molar-refractivity contribution in [2.75, 3.05) is 19.0 Å². The minimum atomic E-state index is -3.58. The van der Waals surface area contributed by atoms with Crippen molar-refractivity contribution in [1.29, 1.82) is 0 Å². The van der Waals surface area contributed by atoms with Crippen LogP contribution in [0.15, 0.2) is 29.2 Å². The van der Waals surface area contributed by atoms with Gasteiger partial charge in [0.15, 0.2) is 9.84 Å². The van der Waals surface area contributed by atoms with Gasteiger partial charge in [0, 0.05) is 13.2 Å². The topological polar surface area (TPSA) is 80.7 Å². The smallest absolute Gasteiger partial charge is 0.337 e. The highest BCUT2D eigenvalue weighted by molar-refractivity contribution is 7.91. The van der Waals surface area contributed by atoms with E-state index in [1.54, 1.807) is 0 Å². The van der Waals surface area contributed by atoms with Crippen molar-refractivity contribution in [1.82, 2.24) is 0 Å². The van der Waals surface area contributed by atoms with Gasteiger partial charge in [0.25, 0.3) is 0 Å². The minimum Gasteiger partial charge on any atom is -0.478 e. The average Bonchev–Trinajstić information content (AvgIpc) is 2.35. The number of aromatic carboxylic acids is 1. The van der Waals surface area contributed by atoms with Crippen LogP contribution in [0.4, 0.5) is 0 Å². The van der Waals surface area contributed by atoms with Crippen LogP contribution < -0.4 is 0 Å². The van der Waals surface area contributed by atoms with Crippen molar-refractivity contribution < 1.29 is 23.1 Å². The molecule has 0 unspecified atom stereocenters. The molecule has 0 aliphatic rings. The van der Waals surface area contributed by atoms with Gasteiger partial charge in [-0.05, 0) is 25.5 Å². The van der Waals surface area contributed by atoms with Gasteiger partial charge >= 0.3 is 5.97 Å². The molecule has 0 amide bonds. The number of carbonyl (C=O) groups is 1. The van der Waals surface area contributed by atoms with Crippen LogP contribution >= 0.6 is 0 Å². The SMILES string of the molecule is CCOCCCS(=O)(=O)c1ccccc1C(=O)O. The van der Waals surface area contributed by atoms with Gasteiger partial charge in [0.2, 0.25) is 0 Å². The quantitative estimate of drug-likeness (QED) is 0.762. The van der Waals surface area contributed by atoms with E-state index in [1.165, 1.54) is 24.3 Å². The Bertz CT molecular complexity index is 507. The second kappa shape index (κ2) is 6.51. The highest BCUT2D eigenvalue weighted by atomic mass is 32.2. The number of benzene rings is 1. The largest absolute Gasteiger partial charge is 0.478 e. The summed E-state index contributed by atoms with van der Waals surface area (Å²) in [6, 6.07) is 5.63. The Morgan fingerprint density at radius 3 is 2.61 bits per heavy atom. The van der Waals surface area contributed by atoms with E-state index in [-0.39, 0.29) is 16.2 Å². The van der Waals surface area contributed by atoms with Crippen LogP contribution in [0.5, 0.6) is 0 Å². The second-order valence-corrected chi connectivity index (χ2v) is 5.75. The number of rotatable bonds is 7. The van der Waals surface area contributed by atoms with Gasteiger partial charge in [0.1, 0.15) is 0 Å². The van der Waals surface area contributed by atoms with Crippen LogP contribution in [0, 0.1) is 0 Å². The molecule has 1 aromatic rings.